The number of ether oxygens (including phenoxy) is 1. The van der Waals surface area contributed by atoms with Gasteiger partial charge in [0, 0.05) is 31.2 Å². The second-order valence-electron chi connectivity index (χ2n) is 5.94. The molecule has 1 aliphatic carbocycles. The molecular formula is C15H22Cl2N2O3. The molecule has 0 aromatic carbocycles. The number of hydrogen-bond acceptors (Lipinski definition) is 4. The van der Waals surface area contributed by atoms with Crippen LogP contribution in [-0.4, -0.2) is 61.0 Å². The van der Waals surface area contributed by atoms with Crippen molar-refractivity contribution in [1.29, 1.82) is 0 Å². The number of amides is 2. The zero-order valence-electron chi connectivity index (χ0n) is 12.5. The molecule has 2 fully saturated rings. The van der Waals surface area contributed by atoms with Crippen molar-refractivity contribution in [3.63, 3.8) is 0 Å². The molecule has 0 bridgehead atoms. The van der Waals surface area contributed by atoms with Crippen LogP contribution in [0.25, 0.3) is 0 Å². The molecule has 124 valence electrons. The van der Waals surface area contributed by atoms with E-state index in [1.54, 1.807) is 0 Å². The molecule has 2 atom stereocenters. The van der Waals surface area contributed by atoms with Gasteiger partial charge in [-0.2, -0.15) is 0 Å². The van der Waals surface area contributed by atoms with Crippen LogP contribution >= 0.6 is 24.0 Å². The first-order valence-corrected chi connectivity index (χ1v) is 8.04. The number of allylic oxidation sites excluding steroid dienone is 2. The number of halogens is 2. The first kappa shape index (κ1) is 17.7. The Morgan fingerprint density at radius 1 is 1.14 bits per heavy atom. The zero-order chi connectivity index (χ0) is 14.8. The van der Waals surface area contributed by atoms with E-state index in [2.05, 4.69) is 4.90 Å². The van der Waals surface area contributed by atoms with E-state index in [1.165, 1.54) is 4.90 Å². The largest absolute Gasteiger partial charge is 0.379 e. The Morgan fingerprint density at radius 3 is 2.55 bits per heavy atom. The van der Waals surface area contributed by atoms with E-state index in [1.807, 2.05) is 6.08 Å². The van der Waals surface area contributed by atoms with Gasteiger partial charge >= 0.3 is 0 Å². The lowest BCUT2D eigenvalue weighted by Crippen LogP contribution is -2.39. The Bertz CT molecular complexity index is 464. The van der Waals surface area contributed by atoms with Gasteiger partial charge in [0.25, 0.3) is 0 Å². The second kappa shape index (κ2) is 7.77. The predicted molar refractivity (Wildman–Crippen MR) is 86.0 cm³/mol. The molecule has 0 N–H and O–H groups in total. The fourth-order valence-corrected chi connectivity index (χ4v) is 3.65. The van der Waals surface area contributed by atoms with Crippen LogP contribution in [-0.2, 0) is 14.3 Å². The van der Waals surface area contributed by atoms with E-state index in [0.29, 0.717) is 24.4 Å². The maximum absolute atomic E-state index is 12.4. The summed E-state index contributed by atoms with van der Waals surface area (Å²) in [6.45, 7) is 4.86. The van der Waals surface area contributed by atoms with Crippen molar-refractivity contribution in [2.45, 2.75) is 19.3 Å². The third-order valence-electron chi connectivity index (χ3n) is 4.62. The molecule has 2 amide bonds. The number of fused-ring (bicyclic) bond motifs is 1. The number of likely N-dealkylation sites (tertiary alicyclic amines) is 1. The molecule has 2 saturated heterocycles. The maximum Gasteiger partial charge on any atom is 0.233 e. The second-order valence-corrected chi connectivity index (χ2v) is 6.42. The highest BCUT2D eigenvalue weighted by molar-refractivity contribution is 6.30. The van der Waals surface area contributed by atoms with E-state index < -0.39 is 0 Å². The highest BCUT2D eigenvalue weighted by Gasteiger charge is 2.47. The van der Waals surface area contributed by atoms with Crippen LogP contribution in [0.4, 0.5) is 0 Å². The van der Waals surface area contributed by atoms with Crippen molar-refractivity contribution in [3.05, 3.63) is 11.1 Å². The van der Waals surface area contributed by atoms with Crippen LogP contribution in [0.3, 0.4) is 0 Å². The summed E-state index contributed by atoms with van der Waals surface area (Å²) in [7, 11) is 0. The fourth-order valence-electron chi connectivity index (χ4n) is 3.39. The number of carbonyl (C=O) groups excluding carboxylic acids is 2. The molecule has 3 aliphatic rings. The smallest absolute Gasteiger partial charge is 0.233 e. The highest BCUT2D eigenvalue weighted by atomic mass is 35.5. The van der Waals surface area contributed by atoms with Crippen LogP contribution in [0, 0.1) is 11.8 Å². The summed E-state index contributed by atoms with van der Waals surface area (Å²) in [5.74, 6) is -0.438. The average Bonchev–Trinajstić information content (AvgIpc) is 2.73. The lowest BCUT2D eigenvalue weighted by Gasteiger charge is -2.27. The normalized spacial score (nSPS) is 29.1. The van der Waals surface area contributed by atoms with Gasteiger partial charge in [0.05, 0.1) is 25.0 Å². The number of rotatable bonds is 4. The third kappa shape index (κ3) is 3.65. The van der Waals surface area contributed by atoms with E-state index in [0.717, 1.165) is 39.3 Å². The van der Waals surface area contributed by atoms with E-state index in [-0.39, 0.29) is 36.1 Å². The topological polar surface area (TPSA) is 49.9 Å². The Labute approximate surface area is 142 Å². The van der Waals surface area contributed by atoms with Gasteiger partial charge in [-0.05, 0) is 19.3 Å². The van der Waals surface area contributed by atoms with Crippen LogP contribution in [0.1, 0.15) is 19.3 Å². The SMILES string of the molecule is Cl.O=C1C2CC=C(Cl)CC2C(=O)N1CCCN1CCOCC1. The quantitative estimate of drug-likeness (QED) is 0.725. The van der Waals surface area contributed by atoms with Gasteiger partial charge in [-0.25, -0.2) is 0 Å². The molecule has 5 nitrogen and oxygen atoms in total. The number of carbonyl (C=O) groups is 2. The summed E-state index contributed by atoms with van der Waals surface area (Å²) >= 11 is 6.01. The van der Waals surface area contributed by atoms with Gasteiger partial charge < -0.3 is 4.74 Å². The third-order valence-corrected chi connectivity index (χ3v) is 4.93. The van der Waals surface area contributed by atoms with Crippen molar-refractivity contribution in [2.75, 3.05) is 39.4 Å². The first-order chi connectivity index (χ1) is 10.2. The van der Waals surface area contributed by atoms with E-state index in [4.69, 9.17) is 16.3 Å². The lowest BCUT2D eigenvalue weighted by molar-refractivity contribution is -0.140. The number of imide groups is 1. The van der Waals surface area contributed by atoms with Crippen LogP contribution in [0.2, 0.25) is 0 Å². The van der Waals surface area contributed by atoms with Crippen LogP contribution < -0.4 is 0 Å². The minimum absolute atomic E-state index is 0. The molecule has 7 heteroatoms. The molecular weight excluding hydrogens is 327 g/mol. The van der Waals surface area contributed by atoms with Crippen LogP contribution in [0.15, 0.2) is 11.1 Å². The minimum atomic E-state index is -0.224. The van der Waals surface area contributed by atoms with Gasteiger partial charge in [-0.1, -0.05) is 17.7 Å². The van der Waals surface area contributed by atoms with Crippen molar-refractivity contribution in [3.8, 4) is 0 Å². The Balaban J connectivity index is 0.00000176. The average molecular weight is 349 g/mol. The maximum atomic E-state index is 12.4. The Hall–Kier alpha value is -0.620. The molecule has 2 aliphatic heterocycles. The molecule has 22 heavy (non-hydrogen) atoms. The van der Waals surface area contributed by atoms with Gasteiger partial charge in [0.15, 0.2) is 0 Å². The zero-order valence-corrected chi connectivity index (χ0v) is 14.1. The summed E-state index contributed by atoms with van der Waals surface area (Å²) in [5, 5.41) is 0.715. The molecule has 0 saturated carbocycles. The molecule has 2 unspecified atom stereocenters. The summed E-state index contributed by atoms with van der Waals surface area (Å²) in [6, 6.07) is 0. The Morgan fingerprint density at radius 2 is 1.82 bits per heavy atom. The number of hydrogen-bond donors (Lipinski definition) is 0. The van der Waals surface area contributed by atoms with Gasteiger partial charge in [-0.3, -0.25) is 19.4 Å². The molecule has 0 spiro atoms. The first-order valence-electron chi connectivity index (χ1n) is 7.66. The Kier molecular flexibility index (Phi) is 6.26. The van der Waals surface area contributed by atoms with Crippen molar-refractivity contribution in [1.82, 2.24) is 9.80 Å². The van der Waals surface area contributed by atoms with Crippen molar-refractivity contribution >= 4 is 35.8 Å². The molecule has 3 rings (SSSR count). The summed E-state index contributed by atoms with van der Waals surface area (Å²) in [6.07, 6.45) is 3.84. The molecule has 0 aromatic heterocycles. The summed E-state index contributed by atoms with van der Waals surface area (Å²) in [4.78, 5) is 28.5. The van der Waals surface area contributed by atoms with E-state index in [9.17, 15) is 9.59 Å². The van der Waals surface area contributed by atoms with Crippen molar-refractivity contribution < 1.29 is 14.3 Å². The lowest BCUT2D eigenvalue weighted by atomic mass is 9.85. The monoisotopic (exact) mass is 348 g/mol. The summed E-state index contributed by atoms with van der Waals surface area (Å²) in [5.41, 5.74) is 0. The standard InChI is InChI=1S/C15H21ClN2O3.ClH/c16-11-2-3-12-13(10-11)15(20)18(14(12)19)5-1-4-17-6-8-21-9-7-17;/h2,12-13H,1,3-10H2;1H. The minimum Gasteiger partial charge on any atom is -0.379 e. The predicted octanol–water partition coefficient (Wildman–Crippen LogP) is 1.65. The van der Waals surface area contributed by atoms with Gasteiger partial charge in [0.1, 0.15) is 0 Å². The number of nitrogens with zero attached hydrogens (tertiary/aromatic N) is 2. The molecule has 2 heterocycles. The van der Waals surface area contributed by atoms with Gasteiger partial charge in [-0.15, -0.1) is 12.4 Å². The highest BCUT2D eigenvalue weighted by Crippen LogP contribution is 2.38. The fraction of sp³-hybridized carbons (Fsp3) is 0.733. The molecule has 0 radical (unpaired) electrons. The summed E-state index contributed by atoms with van der Waals surface area (Å²) < 4.78 is 5.31. The van der Waals surface area contributed by atoms with E-state index >= 15 is 0 Å². The molecule has 0 aromatic rings. The number of morpholine rings is 1. The van der Waals surface area contributed by atoms with Gasteiger partial charge in [0.2, 0.25) is 11.8 Å². The van der Waals surface area contributed by atoms with Crippen LogP contribution in [0.5, 0.6) is 0 Å². The van der Waals surface area contributed by atoms with Crippen molar-refractivity contribution in [2.24, 2.45) is 11.8 Å².